The number of nitrogens with one attached hydrogen (secondary N) is 1. The number of fused-ring (bicyclic) bond motifs is 1. The van der Waals surface area contributed by atoms with Crippen molar-refractivity contribution in [1.29, 1.82) is 0 Å². The van der Waals surface area contributed by atoms with Crippen LogP contribution in [0, 0.1) is 11.8 Å². The highest BCUT2D eigenvalue weighted by Crippen LogP contribution is 2.43. The van der Waals surface area contributed by atoms with Crippen molar-refractivity contribution in [2.45, 2.75) is 52.6 Å². The zero-order valence-electron chi connectivity index (χ0n) is 17.0. The van der Waals surface area contributed by atoms with E-state index in [-0.39, 0.29) is 24.6 Å². The Morgan fingerprint density at radius 3 is 2.39 bits per heavy atom. The van der Waals surface area contributed by atoms with Gasteiger partial charge in [-0.15, -0.1) is 0 Å². The van der Waals surface area contributed by atoms with E-state index in [1.165, 1.54) is 0 Å². The third-order valence-electron chi connectivity index (χ3n) is 5.51. The van der Waals surface area contributed by atoms with Crippen molar-refractivity contribution in [2.75, 3.05) is 4.90 Å². The Kier molecular flexibility index (Phi) is 6.25. The molecule has 1 aliphatic rings. The molecule has 1 amide bonds. The second-order valence-corrected chi connectivity index (χ2v) is 7.88. The predicted molar refractivity (Wildman–Crippen MR) is 111 cm³/mol. The number of aliphatic hydroxyl groups excluding tert-OH is 1. The molecule has 2 aromatic carbocycles. The molecule has 5 heteroatoms. The highest BCUT2D eigenvalue weighted by Gasteiger charge is 2.42. The van der Waals surface area contributed by atoms with Gasteiger partial charge in [-0.2, -0.15) is 0 Å². The van der Waals surface area contributed by atoms with Crippen LogP contribution < -0.4 is 10.2 Å². The van der Waals surface area contributed by atoms with Gasteiger partial charge in [-0.25, -0.2) is 4.79 Å². The van der Waals surface area contributed by atoms with Crippen molar-refractivity contribution in [1.82, 2.24) is 5.32 Å². The van der Waals surface area contributed by atoms with Gasteiger partial charge in [0.15, 0.2) is 0 Å². The van der Waals surface area contributed by atoms with Gasteiger partial charge < -0.3 is 20.1 Å². The molecule has 0 radical (unpaired) electrons. The molecule has 0 spiro atoms. The maximum atomic E-state index is 12.5. The highest BCUT2D eigenvalue weighted by molar-refractivity contribution is 5.70. The van der Waals surface area contributed by atoms with Crippen LogP contribution in [0.1, 0.15) is 44.9 Å². The first-order chi connectivity index (χ1) is 13.4. The van der Waals surface area contributed by atoms with E-state index in [9.17, 15) is 9.90 Å². The predicted octanol–water partition coefficient (Wildman–Crippen LogP) is 4.47. The Morgan fingerprint density at radius 1 is 1.11 bits per heavy atom. The minimum absolute atomic E-state index is 0.0920. The average Bonchev–Trinajstić information content (AvgIpc) is 2.68. The minimum Gasteiger partial charge on any atom is -0.445 e. The molecule has 1 heterocycles. The first-order valence-electron chi connectivity index (χ1n) is 9.92. The Balaban J connectivity index is 1.82. The van der Waals surface area contributed by atoms with Gasteiger partial charge in [0, 0.05) is 17.6 Å². The van der Waals surface area contributed by atoms with Gasteiger partial charge in [0.05, 0.1) is 6.04 Å². The number of carbonyl (C=O) groups is 1. The molecule has 28 heavy (non-hydrogen) atoms. The molecule has 2 N–H and O–H groups in total. The number of para-hydroxylation sites is 1. The number of carbonyl (C=O) groups excluding carboxylic acids is 1. The van der Waals surface area contributed by atoms with Crippen LogP contribution in [0.4, 0.5) is 10.5 Å². The Morgan fingerprint density at radius 2 is 1.75 bits per heavy atom. The zero-order valence-corrected chi connectivity index (χ0v) is 17.0. The van der Waals surface area contributed by atoms with E-state index in [0.717, 1.165) is 16.8 Å². The monoisotopic (exact) mass is 382 g/mol. The SMILES string of the molecule is CC(C)C1C(C)[C@@H](NC(=O)OCc2ccccc2)c2ccccc2N1C(C)O. The summed E-state index contributed by atoms with van der Waals surface area (Å²) in [5.41, 5.74) is 2.92. The highest BCUT2D eigenvalue weighted by atomic mass is 16.5. The second kappa shape index (κ2) is 8.65. The number of amides is 1. The van der Waals surface area contributed by atoms with Crippen molar-refractivity contribution < 1.29 is 14.6 Å². The van der Waals surface area contributed by atoms with E-state index < -0.39 is 12.3 Å². The minimum atomic E-state index is -0.609. The molecular weight excluding hydrogens is 352 g/mol. The number of benzene rings is 2. The third kappa shape index (κ3) is 4.14. The molecule has 0 bridgehead atoms. The summed E-state index contributed by atoms with van der Waals surface area (Å²) in [5, 5.41) is 13.5. The molecule has 0 aliphatic carbocycles. The van der Waals surface area contributed by atoms with Crippen LogP contribution in [-0.2, 0) is 11.3 Å². The van der Waals surface area contributed by atoms with Gasteiger partial charge in [0.2, 0.25) is 0 Å². The summed E-state index contributed by atoms with van der Waals surface area (Å²) in [4.78, 5) is 14.6. The van der Waals surface area contributed by atoms with E-state index in [1.807, 2.05) is 54.6 Å². The van der Waals surface area contributed by atoms with Crippen molar-refractivity contribution in [3.63, 3.8) is 0 Å². The van der Waals surface area contributed by atoms with Crippen molar-refractivity contribution >= 4 is 11.8 Å². The fraction of sp³-hybridized carbons (Fsp3) is 0.435. The summed E-state index contributed by atoms with van der Waals surface area (Å²) >= 11 is 0. The lowest BCUT2D eigenvalue weighted by molar-refractivity contribution is 0.116. The quantitative estimate of drug-likeness (QED) is 0.801. The number of hydrogen-bond donors (Lipinski definition) is 2. The van der Waals surface area contributed by atoms with Gasteiger partial charge in [0.1, 0.15) is 12.8 Å². The van der Waals surface area contributed by atoms with Gasteiger partial charge in [0.25, 0.3) is 0 Å². The summed E-state index contributed by atoms with van der Waals surface area (Å²) in [6, 6.07) is 17.5. The molecule has 1 aliphatic heterocycles. The van der Waals surface area contributed by atoms with Crippen molar-refractivity contribution in [3.8, 4) is 0 Å². The summed E-state index contributed by atoms with van der Waals surface area (Å²) in [6.07, 6.45) is -1.04. The molecule has 2 aromatic rings. The lowest BCUT2D eigenvalue weighted by atomic mass is 9.77. The number of rotatable bonds is 5. The van der Waals surface area contributed by atoms with E-state index >= 15 is 0 Å². The van der Waals surface area contributed by atoms with Crippen LogP contribution in [0.5, 0.6) is 0 Å². The Hall–Kier alpha value is -2.53. The summed E-state index contributed by atoms with van der Waals surface area (Å²) in [7, 11) is 0. The number of anilines is 1. The standard InChI is InChI=1S/C23H30N2O3/c1-15(2)22-16(3)21(19-12-8-9-13-20(19)25(22)17(4)26)24-23(27)28-14-18-10-6-5-7-11-18/h5-13,15-17,21-22,26H,14H2,1-4H3,(H,24,27)/t16?,17?,21-,22?/m1/s1. The summed E-state index contributed by atoms with van der Waals surface area (Å²) in [6.45, 7) is 8.45. The first kappa shape index (κ1) is 20.2. The van der Waals surface area contributed by atoms with Crippen molar-refractivity contribution in [3.05, 3.63) is 65.7 Å². The normalized spacial score (nSPS) is 22.5. The smallest absolute Gasteiger partial charge is 0.407 e. The number of aliphatic hydroxyl groups is 1. The molecule has 0 saturated heterocycles. The van der Waals surface area contributed by atoms with Crippen LogP contribution in [0.25, 0.3) is 0 Å². The topological polar surface area (TPSA) is 61.8 Å². The maximum absolute atomic E-state index is 12.5. The molecule has 0 fully saturated rings. The first-order valence-corrected chi connectivity index (χ1v) is 9.92. The summed E-state index contributed by atoms with van der Waals surface area (Å²) < 4.78 is 5.45. The third-order valence-corrected chi connectivity index (χ3v) is 5.51. The van der Waals surface area contributed by atoms with Gasteiger partial charge in [-0.1, -0.05) is 69.3 Å². The van der Waals surface area contributed by atoms with Crippen molar-refractivity contribution in [2.24, 2.45) is 11.8 Å². The molecule has 0 saturated carbocycles. The molecule has 0 aromatic heterocycles. The van der Waals surface area contributed by atoms with E-state index in [4.69, 9.17) is 4.74 Å². The number of ether oxygens (including phenoxy) is 1. The molecular formula is C23H30N2O3. The van der Waals surface area contributed by atoms with Gasteiger partial charge >= 0.3 is 6.09 Å². The van der Waals surface area contributed by atoms with E-state index in [0.29, 0.717) is 5.92 Å². The van der Waals surface area contributed by atoms with Crippen LogP contribution in [0.3, 0.4) is 0 Å². The van der Waals surface area contributed by atoms with E-state index in [1.54, 1.807) is 6.92 Å². The Bertz CT molecular complexity index is 791. The average molecular weight is 383 g/mol. The molecule has 4 atom stereocenters. The van der Waals surface area contributed by atoms with Crippen LogP contribution in [-0.4, -0.2) is 23.5 Å². The van der Waals surface area contributed by atoms with Crippen LogP contribution >= 0.6 is 0 Å². The number of nitrogens with zero attached hydrogens (tertiary/aromatic N) is 1. The van der Waals surface area contributed by atoms with Crippen LogP contribution in [0.15, 0.2) is 54.6 Å². The van der Waals surface area contributed by atoms with Gasteiger partial charge in [-0.05, 0) is 30.0 Å². The molecule has 3 rings (SSSR count). The fourth-order valence-electron chi connectivity index (χ4n) is 4.36. The Labute approximate surface area is 167 Å². The largest absolute Gasteiger partial charge is 0.445 e. The zero-order chi connectivity index (χ0) is 20.3. The molecule has 5 nitrogen and oxygen atoms in total. The summed E-state index contributed by atoms with van der Waals surface area (Å²) in [5.74, 6) is 0.413. The fourth-order valence-corrected chi connectivity index (χ4v) is 4.36. The second-order valence-electron chi connectivity index (χ2n) is 7.88. The number of alkyl carbamates (subject to hydrolysis) is 1. The van der Waals surface area contributed by atoms with Gasteiger partial charge in [-0.3, -0.25) is 0 Å². The van der Waals surface area contributed by atoms with E-state index in [2.05, 4.69) is 31.0 Å². The maximum Gasteiger partial charge on any atom is 0.407 e. The number of hydrogen-bond acceptors (Lipinski definition) is 4. The van der Waals surface area contributed by atoms with Crippen LogP contribution in [0.2, 0.25) is 0 Å². The lowest BCUT2D eigenvalue weighted by Crippen LogP contribution is -2.55. The molecule has 150 valence electrons. The molecule has 3 unspecified atom stereocenters. The lowest BCUT2D eigenvalue weighted by Gasteiger charge is -2.49.